The zero-order valence-electron chi connectivity index (χ0n) is 12.5. The highest BCUT2D eigenvalue weighted by Crippen LogP contribution is 2.30. The third kappa shape index (κ3) is 3.18. The molecule has 1 aliphatic rings. The standard InChI is InChI=1S/C18H17NO4/c20-15-7-6-13(16(21)10-15)8-14-9-17(22)19(18(14)23)11-12-4-2-1-3-5-12/h1-7,10,14,20-21H,8-9,11H2. The van der Waals surface area contributed by atoms with Crippen molar-refractivity contribution >= 4 is 11.8 Å². The van der Waals surface area contributed by atoms with E-state index in [1.807, 2.05) is 30.3 Å². The second kappa shape index (κ2) is 6.12. The van der Waals surface area contributed by atoms with Crippen molar-refractivity contribution in [1.82, 2.24) is 4.90 Å². The summed E-state index contributed by atoms with van der Waals surface area (Å²) < 4.78 is 0. The maximum absolute atomic E-state index is 12.5. The first kappa shape index (κ1) is 15.1. The highest BCUT2D eigenvalue weighted by Gasteiger charge is 2.38. The molecule has 3 rings (SSSR count). The summed E-state index contributed by atoms with van der Waals surface area (Å²) in [4.78, 5) is 25.9. The Bertz CT molecular complexity index is 742. The van der Waals surface area contributed by atoms with Crippen LogP contribution in [0, 0.1) is 5.92 Å². The van der Waals surface area contributed by atoms with Crippen LogP contribution in [-0.4, -0.2) is 26.9 Å². The van der Waals surface area contributed by atoms with Crippen LogP contribution in [-0.2, 0) is 22.6 Å². The Hall–Kier alpha value is -2.82. The molecule has 1 atom stereocenters. The van der Waals surface area contributed by atoms with Crippen LogP contribution < -0.4 is 0 Å². The molecule has 5 nitrogen and oxygen atoms in total. The van der Waals surface area contributed by atoms with Crippen molar-refractivity contribution in [2.24, 2.45) is 5.92 Å². The number of phenols is 2. The van der Waals surface area contributed by atoms with Crippen LogP contribution in [0.25, 0.3) is 0 Å². The van der Waals surface area contributed by atoms with Gasteiger partial charge in [-0.25, -0.2) is 0 Å². The van der Waals surface area contributed by atoms with Crippen molar-refractivity contribution in [2.45, 2.75) is 19.4 Å². The lowest BCUT2D eigenvalue weighted by Gasteiger charge is -2.15. The molecular formula is C18H17NO4. The fourth-order valence-electron chi connectivity index (χ4n) is 2.83. The number of carbonyl (C=O) groups excluding carboxylic acids is 2. The Kier molecular flexibility index (Phi) is 4.02. The Morgan fingerprint density at radius 2 is 1.78 bits per heavy atom. The fraction of sp³-hybridized carbons (Fsp3) is 0.222. The number of likely N-dealkylation sites (tertiary alicyclic amines) is 1. The van der Waals surface area contributed by atoms with Gasteiger partial charge < -0.3 is 10.2 Å². The second-order valence-corrected chi connectivity index (χ2v) is 5.72. The Labute approximate surface area is 133 Å². The van der Waals surface area contributed by atoms with Gasteiger partial charge in [-0.15, -0.1) is 0 Å². The molecule has 1 unspecified atom stereocenters. The maximum atomic E-state index is 12.5. The van der Waals surface area contributed by atoms with Crippen LogP contribution in [0.4, 0.5) is 0 Å². The van der Waals surface area contributed by atoms with E-state index in [0.717, 1.165) is 5.56 Å². The summed E-state index contributed by atoms with van der Waals surface area (Å²) in [5.74, 6) is -0.979. The van der Waals surface area contributed by atoms with Gasteiger partial charge in [-0.3, -0.25) is 14.5 Å². The molecule has 2 aromatic rings. The zero-order chi connectivity index (χ0) is 16.4. The lowest BCUT2D eigenvalue weighted by molar-refractivity contribution is -0.140. The summed E-state index contributed by atoms with van der Waals surface area (Å²) in [5, 5.41) is 19.1. The molecule has 5 heteroatoms. The summed E-state index contributed by atoms with van der Waals surface area (Å²) in [7, 11) is 0. The highest BCUT2D eigenvalue weighted by atomic mass is 16.3. The lowest BCUT2D eigenvalue weighted by atomic mass is 9.97. The van der Waals surface area contributed by atoms with E-state index in [1.165, 1.54) is 17.0 Å². The average molecular weight is 311 g/mol. The minimum absolute atomic E-state index is 0.0363. The number of hydrogen-bond donors (Lipinski definition) is 2. The lowest BCUT2D eigenvalue weighted by Crippen LogP contribution is -2.30. The number of amides is 2. The molecule has 0 aliphatic carbocycles. The van der Waals surface area contributed by atoms with E-state index in [4.69, 9.17) is 0 Å². The molecule has 0 radical (unpaired) electrons. The smallest absolute Gasteiger partial charge is 0.233 e. The van der Waals surface area contributed by atoms with Crippen molar-refractivity contribution < 1.29 is 19.8 Å². The second-order valence-electron chi connectivity index (χ2n) is 5.72. The van der Waals surface area contributed by atoms with Crippen molar-refractivity contribution in [3.8, 4) is 11.5 Å². The van der Waals surface area contributed by atoms with Crippen molar-refractivity contribution in [3.05, 3.63) is 59.7 Å². The molecule has 0 spiro atoms. The summed E-state index contributed by atoms with van der Waals surface area (Å²) in [6.07, 6.45) is 0.425. The monoisotopic (exact) mass is 311 g/mol. The van der Waals surface area contributed by atoms with E-state index >= 15 is 0 Å². The number of nitrogens with zero attached hydrogens (tertiary/aromatic N) is 1. The molecule has 1 heterocycles. The Balaban J connectivity index is 1.73. The summed E-state index contributed by atoms with van der Waals surface area (Å²) in [6, 6.07) is 13.6. The SMILES string of the molecule is O=C1CC(Cc2ccc(O)cc2O)C(=O)N1Cc1ccccc1. The van der Waals surface area contributed by atoms with Gasteiger partial charge in [0.1, 0.15) is 11.5 Å². The van der Waals surface area contributed by atoms with E-state index in [1.54, 1.807) is 6.07 Å². The molecule has 2 N–H and O–H groups in total. The number of imide groups is 1. The van der Waals surface area contributed by atoms with E-state index < -0.39 is 5.92 Å². The van der Waals surface area contributed by atoms with Gasteiger partial charge in [0.05, 0.1) is 12.5 Å². The van der Waals surface area contributed by atoms with Crippen molar-refractivity contribution in [1.29, 1.82) is 0 Å². The maximum Gasteiger partial charge on any atom is 0.233 e. The van der Waals surface area contributed by atoms with E-state index in [0.29, 0.717) is 5.56 Å². The molecule has 118 valence electrons. The summed E-state index contributed by atoms with van der Waals surface area (Å²) >= 11 is 0. The van der Waals surface area contributed by atoms with Gasteiger partial charge in [0.15, 0.2) is 0 Å². The first-order valence-electron chi connectivity index (χ1n) is 7.43. The van der Waals surface area contributed by atoms with Crippen molar-refractivity contribution in [3.63, 3.8) is 0 Å². The number of benzene rings is 2. The number of phenolic OH excluding ortho intramolecular Hbond substituents is 2. The third-order valence-corrected chi connectivity index (χ3v) is 4.06. The van der Waals surface area contributed by atoms with E-state index in [9.17, 15) is 19.8 Å². The molecule has 1 aliphatic heterocycles. The Morgan fingerprint density at radius 3 is 2.48 bits per heavy atom. The minimum atomic E-state index is -0.471. The van der Waals surface area contributed by atoms with Gasteiger partial charge in [0, 0.05) is 12.5 Å². The predicted octanol–water partition coefficient (Wildman–Crippen LogP) is 2.22. The number of aromatic hydroxyl groups is 2. The number of hydrogen-bond acceptors (Lipinski definition) is 4. The highest BCUT2D eigenvalue weighted by molar-refractivity contribution is 6.03. The molecule has 1 fully saturated rings. The fourth-order valence-corrected chi connectivity index (χ4v) is 2.83. The number of carbonyl (C=O) groups is 2. The predicted molar refractivity (Wildman–Crippen MR) is 83.6 cm³/mol. The van der Waals surface area contributed by atoms with E-state index in [2.05, 4.69) is 0 Å². The van der Waals surface area contributed by atoms with Crippen molar-refractivity contribution in [2.75, 3.05) is 0 Å². The first-order chi connectivity index (χ1) is 11.0. The molecule has 1 saturated heterocycles. The topological polar surface area (TPSA) is 77.8 Å². The quantitative estimate of drug-likeness (QED) is 0.849. The van der Waals surface area contributed by atoms with Crippen LogP contribution >= 0.6 is 0 Å². The molecule has 0 aromatic heterocycles. The van der Waals surface area contributed by atoms with Gasteiger partial charge in [0.25, 0.3) is 0 Å². The van der Waals surface area contributed by atoms with Gasteiger partial charge in [-0.2, -0.15) is 0 Å². The van der Waals surface area contributed by atoms with E-state index in [-0.39, 0.29) is 42.7 Å². The number of rotatable bonds is 4. The third-order valence-electron chi connectivity index (χ3n) is 4.06. The van der Waals surface area contributed by atoms with Gasteiger partial charge in [0.2, 0.25) is 11.8 Å². The molecule has 0 bridgehead atoms. The van der Waals surface area contributed by atoms with Gasteiger partial charge >= 0.3 is 0 Å². The van der Waals surface area contributed by atoms with Crippen LogP contribution in [0.2, 0.25) is 0 Å². The molecule has 0 saturated carbocycles. The normalized spacial score (nSPS) is 17.7. The van der Waals surface area contributed by atoms with Crippen LogP contribution in [0.5, 0.6) is 11.5 Å². The minimum Gasteiger partial charge on any atom is -0.508 e. The summed E-state index contributed by atoms with van der Waals surface area (Å²) in [5.41, 5.74) is 1.46. The van der Waals surface area contributed by atoms with Crippen LogP contribution in [0.1, 0.15) is 17.5 Å². The largest absolute Gasteiger partial charge is 0.508 e. The molecule has 2 amide bonds. The first-order valence-corrected chi connectivity index (χ1v) is 7.43. The molecule has 23 heavy (non-hydrogen) atoms. The molecular weight excluding hydrogens is 294 g/mol. The average Bonchev–Trinajstić information content (AvgIpc) is 2.79. The Morgan fingerprint density at radius 1 is 1.04 bits per heavy atom. The zero-order valence-corrected chi connectivity index (χ0v) is 12.5. The molecule has 2 aromatic carbocycles. The van der Waals surface area contributed by atoms with Crippen LogP contribution in [0.3, 0.4) is 0 Å². The van der Waals surface area contributed by atoms with Gasteiger partial charge in [-0.05, 0) is 23.6 Å². The van der Waals surface area contributed by atoms with Crippen LogP contribution in [0.15, 0.2) is 48.5 Å². The van der Waals surface area contributed by atoms with Gasteiger partial charge in [-0.1, -0.05) is 36.4 Å². The summed E-state index contributed by atoms with van der Waals surface area (Å²) in [6.45, 7) is 0.274.